The number of benzene rings is 1. The molecule has 0 aliphatic rings. The van der Waals surface area contributed by atoms with Crippen molar-refractivity contribution in [1.29, 1.82) is 0 Å². The van der Waals surface area contributed by atoms with Crippen LogP contribution in [0, 0.1) is 13.8 Å². The van der Waals surface area contributed by atoms with Gasteiger partial charge in [-0.05, 0) is 38.1 Å². The minimum Gasteiger partial charge on any atom is -0.361 e. The lowest BCUT2D eigenvalue weighted by Gasteiger charge is -2.05. The molecule has 0 aliphatic heterocycles. The minimum absolute atomic E-state index is 0.122. The van der Waals surface area contributed by atoms with Crippen LogP contribution >= 0.6 is 12.6 Å². The fourth-order valence-corrected chi connectivity index (χ4v) is 1.79. The Morgan fingerprint density at radius 2 is 2.00 bits per heavy atom. The highest BCUT2D eigenvalue weighted by Gasteiger charge is 2.11. The topological polar surface area (TPSA) is 55.1 Å². The summed E-state index contributed by atoms with van der Waals surface area (Å²) in [7, 11) is 0. The van der Waals surface area contributed by atoms with E-state index in [1.807, 2.05) is 13.8 Å². The Morgan fingerprint density at radius 1 is 1.33 bits per heavy atom. The molecular weight excluding hydrogens is 248 g/mol. The molecule has 1 N–H and O–H groups in total. The monoisotopic (exact) mass is 262 g/mol. The van der Waals surface area contributed by atoms with E-state index in [-0.39, 0.29) is 5.91 Å². The van der Waals surface area contributed by atoms with Crippen LogP contribution in [0.5, 0.6) is 0 Å². The van der Waals surface area contributed by atoms with Gasteiger partial charge in [0.25, 0.3) is 5.91 Å². The third kappa shape index (κ3) is 2.73. The summed E-state index contributed by atoms with van der Waals surface area (Å²) in [4.78, 5) is 12.7. The van der Waals surface area contributed by atoms with Gasteiger partial charge < -0.3 is 9.84 Å². The van der Waals surface area contributed by atoms with Crippen molar-refractivity contribution in [3.63, 3.8) is 0 Å². The van der Waals surface area contributed by atoms with Crippen LogP contribution in [-0.4, -0.2) is 11.1 Å². The fourth-order valence-electron chi connectivity index (χ4n) is 1.64. The van der Waals surface area contributed by atoms with E-state index in [2.05, 4.69) is 23.1 Å². The third-order valence-corrected chi connectivity index (χ3v) is 3.03. The Bertz CT molecular complexity index is 541. The number of hydrogen-bond acceptors (Lipinski definition) is 4. The molecule has 1 heterocycles. The van der Waals surface area contributed by atoms with Crippen molar-refractivity contribution in [2.75, 3.05) is 0 Å². The molecule has 0 fully saturated rings. The highest BCUT2D eigenvalue weighted by atomic mass is 32.1. The zero-order valence-electron chi connectivity index (χ0n) is 10.2. The van der Waals surface area contributed by atoms with Crippen molar-refractivity contribution >= 4 is 18.5 Å². The van der Waals surface area contributed by atoms with Crippen molar-refractivity contribution in [3.8, 4) is 0 Å². The standard InChI is InChI=1S/C13H14N2O2S/c1-8-12(9(2)17-15-8)7-14-13(16)10-3-5-11(18)6-4-10/h3-6,18H,7H2,1-2H3,(H,14,16). The molecule has 0 saturated heterocycles. The Morgan fingerprint density at radius 3 is 2.56 bits per heavy atom. The van der Waals surface area contributed by atoms with Crippen LogP contribution in [0.4, 0.5) is 0 Å². The highest BCUT2D eigenvalue weighted by molar-refractivity contribution is 7.80. The molecule has 0 aliphatic carbocycles. The maximum Gasteiger partial charge on any atom is 0.251 e. The van der Waals surface area contributed by atoms with Crippen molar-refractivity contribution in [3.05, 3.63) is 46.8 Å². The van der Waals surface area contributed by atoms with Crippen molar-refractivity contribution < 1.29 is 9.32 Å². The van der Waals surface area contributed by atoms with E-state index in [0.717, 1.165) is 21.9 Å². The van der Waals surface area contributed by atoms with Gasteiger partial charge in [0.15, 0.2) is 0 Å². The molecule has 0 saturated carbocycles. The molecule has 0 bridgehead atoms. The largest absolute Gasteiger partial charge is 0.361 e. The van der Waals surface area contributed by atoms with Gasteiger partial charge in [0.1, 0.15) is 5.76 Å². The van der Waals surface area contributed by atoms with E-state index in [1.165, 1.54) is 0 Å². The molecule has 4 nitrogen and oxygen atoms in total. The maximum absolute atomic E-state index is 11.9. The van der Waals surface area contributed by atoms with Crippen LogP contribution in [-0.2, 0) is 6.54 Å². The molecule has 1 amide bonds. The molecule has 0 atom stereocenters. The zero-order valence-corrected chi connectivity index (χ0v) is 11.1. The molecule has 18 heavy (non-hydrogen) atoms. The summed E-state index contributed by atoms with van der Waals surface area (Å²) in [6, 6.07) is 7.05. The number of hydrogen-bond donors (Lipinski definition) is 2. The minimum atomic E-state index is -0.122. The van der Waals surface area contributed by atoms with Gasteiger partial charge in [0.2, 0.25) is 0 Å². The lowest BCUT2D eigenvalue weighted by molar-refractivity contribution is 0.0950. The van der Waals surface area contributed by atoms with E-state index in [4.69, 9.17) is 4.52 Å². The van der Waals surface area contributed by atoms with Gasteiger partial charge >= 0.3 is 0 Å². The predicted octanol–water partition coefficient (Wildman–Crippen LogP) is 2.51. The van der Waals surface area contributed by atoms with E-state index in [9.17, 15) is 4.79 Å². The summed E-state index contributed by atoms with van der Waals surface area (Å²) >= 11 is 4.18. The Labute approximate surface area is 111 Å². The smallest absolute Gasteiger partial charge is 0.251 e. The first-order valence-corrected chi connectivity index (χ1v) is 6.01. The van der Waals surface area contributed by atoms with Gasteiger partial charge in [-0.3, -0.25) is 4.79 Å². The number of nitrogens with one attached hydrogen (secondary N) is 1. The molecule has 2 aromatic rings. The summed E-state index contributed by atoms with van der Waals surface area (Å²) < 4.78 is 5.04. The summed E-state index contributed by atoms with van der Waals surface area (Å²) in [5, 5.41) is 6.68. The van der Waals surface area contributed by atoms with Crippen LogP contribution < -0.4 is 5.32 Å². The average molecular weight is 262 g/mol. The van der Waals surface area contributed by atoms with Gasteiger partial charge in [-0.2, -0.15) is 0 Å². The predicted molar refractivity (Wildman–Crippen MR) is 70.8 cm³/mol. The van der Waals surface area contributed by atoms with Crippen molar-refractivity contribution in [1.82, 2.24) is 10.5 Å². The van der Waals surface area contributed by atoms with Gasteiger partial charge in [0, 0.05) is 22.6 Å². The number of amides is 1. The summed E-state index contributed by atoms with van der Waals surface area (Å²) in [6.45, 7) is 4.10. The molecule has 5 heteroatoms. The van der Waals surface area contributed by atoms with Gasteiger partial charge in [-0.1, -0.05) is 5.16 Å². The highest BCUT2D eigenvalue weighted by Crippen LogP contribution is 2.12. The molecular formula is C13H14N2O2S. The maximum atomic E-state index is 11.9. The normalized spacial score (nSPS) is 10.4. The Kier molecular flexibility index (Phi) is 3.72. The molecule has 0 spiro atoms. The van der Waals surface area contributed by atoms with E-state index in [0.29, 0.717) is 12.1 Å². The van der Waals surface area contributed by atoms with Crippen LogP contribution in [0.2, 0.25) is 0 Å². The number of rotatable bonds is 3. The van der Waals surface area contributed by atoms with Crippen LogP contribution in [0.25, 0.3) is 0 Å². The molecule has 1 aromatic heterocycles. The second-order valence-electron chi connectivity index (χ2n) is 4.03. The molecule has 2 rings (SSSR count). The van der Waals surface area contributed by atoms with Crippen molar-refractivity contribution in [2.24, 2.45) is 0 Å². The summed E-state index contributed by atoms with van der Waals surface area (Å²) in [5.74, 6) is 0.613. The van der Waals surface area contributed by atoms with Crippen LogP contribution in [0.1, 0.15) is 27.4 Å². The Balaban J connectivity index is 2.03. The Hall–Kier alpha value is -1.75. The van der Waals surface area contributed by atoms with E-state index in [1.54, 1.807) is 24.3 Å². The van der Waals surface area contributed by atoms with E-state index >= 15 is 0 Å². The van der Waals surface area contributed by atoms with Gasteiger partial charge in [-0.15, -0.1) is 12.6 Å². The quantitative estimate of drug-likeness (QED) is 0.836. The number of aromatic nitrogens is 1. The second-order valence-corrected chi connectivity index (χ2v) is 4.55. The van der Waals surface area contributed by atoms with Crippen molar-refractivity contribution in [2.45, 2.75) is 25.3 Å². The summed E-state index contributed by atoms with van der Waals surface area (Å²) in [6.07, 6.45) is 0. The zero-order chi connectivity index (χ0) is 13.1. The summed E-state index contributed by atoms with van der Waals surface area (Å²) in [5.41, 5.74) is 2.34. The number of aryl methyl sites for hydroxylation is 2. The SMILES string of the molecule is Cc1noc(C)c1CNC(=O)c1ccc(S)cc1. The molecule has 0 unspecified atom stereocenters. The molecule has 1 aromatic carbocycles. The lowest BCUT2D eigenvalue weighted by Crippen LogP contribution is -2.23. The lowest BCUT2D eigenvalue weighted by atomic mass is 10.2. The second kappa shape index (κ2) is 5.27. The van der Waals surface area contributed by atoms with E-state index < -0.39 is 0 Å². The molecule has 0 radical (unpaired) electrons. The van der Waals surface area contributed by atoms with Crippen LogP contribution in [0.15, 0.2) is 33.7 Å². The third-order valence-electron chi connectivity index (χ3n) is 2.74. The fraction of sp³-hybridized carbons (Fsp3) is 0.231. The molecule has 94 valence electrons. The van der Waals surface area contributed by atoms with Gasteiger partial charge in [0.05, 0.1) is 5.69 Å². The number of thiol groups is 1. The number of carbonyl (C=O) groups is 1. The first-order valence-electron chi connectivity index (χ1n) is 5.57. The van der Waals surface area contributed by atoms with Gasteiger partial charge in [-0.25, -0.2) is 0 Å². The number of nitrogens with zero attached hydrogens (tertiary/aromatic N) is 1. The first kappa shape index (κ1) is 12.7. The average Bonchev–Trinajstić information content (AvgIpc) is 2.67. The first-order chi connectivity index (χ1) is 8.58. The van der Waals surface area contributed by atoms with Crippen LogP contribution in [0.3, 0.4) is 0 Å². The number of carbonyl (C=O) groups excluding carboxylic acids is 1.